The lowest BCUT2D eigenvalue weighted by molar-refractivity contribution is 0.0800. The first kappa shape index (κ1) is 15.4. The number of nitrogens with one attached hydrogen (secondary N) is 1. The van der Waals surface area contributed by atoms with Crippen LogP contribution in [0.3, 0.4) is 0 Å². The second-order valence-corrected chi connectivity index (χ2v) is 7.00. The molecule has 2 aromatic rings. The van der Waals surface area contributed by atoms with Crippen molar-refractivity contribution >= 4 is 11.5 Å². The van der Waals surface area contributed by atoms with Crippen molar-refractivity contribution in [3.05, 3.63) is 65.7 Å². The fraction of sp³-hybridized carbons (Fsp3) is 0.381. The molecule has 0 aromatic heterocycles. The molecule has 1 fully saturated rings. The van der Waals surface area contributed by atoms with Crippen molar-refractivity contribution in [2.45, 2.75) is 19.4 Å². The van der Waals surface area contributed by atoms with Gasteiger partial charge in [-0.05, 0) is 49.5 Å². The van der Waals surface area contributed by atoms with Crippen LogP contribution >= 0.6 is 0 Å². The zero-order chi connectivity index (χ0) is 16.4. The summed E-state index contributed by atoms with van der Waals surface area (Å²) in [6.45, 7) is 3.99. The first-order chi connectivity index (χ1) is 11.8. The molecule has 2 heterocycles. The van der Waals surface area contributed by atoms with E-state index in [-0.39, 0.29) is 5.92 Å². The van der Waals surface area contributed by atoms with Crippen LogP contribution in [0.2, 0.25) is 0 Å². The summed E-state index contributed by atoms with van der Waals surface area (Å²) in [6, 6.07) is 18.6. The molecule has 3 heteroatoms. The van der Waals surface area contributed by atoms with Crippen LogP contribution in [-0.4, -0.2) is 30.3 Å². The molecule has 0 amide bonds. The van der Waals surface area contributed by atoms with Gasteiger partial charge in [0.1, 0.15) is 0 Å². The van der Waals surface area contributed by atoms with E-state index in [9.17, 15) is 4.79 Å². The van der Waals surface area contributed by atoms with Crippen LogP contribution in [0.5, 0.6) is 0 Å². The maximum atomic E-state index is 12.8. The quantitative estimate of drug-likeness (QED) is 0.933. The number of para-hydroxylation sites is 1. The Morgan fingerprint density at radius 3 is 2.46 bits per heavy atom. The number of likely N-dealkylation sites (tertiary alicyclic amines) is 1. The standard InChI is InChI=1S/C21H24N2O/c24-21-18-8-4-5-9-20(18)22-14-19(21)17-10-12-23(13-11-17)15-16-6-2-1-3-7-16/h1-9,17,19,22H,10-15H2. The number of ketones is 1. The second kappa shape index (κ2) is 6.78. The Bertz CT molecular complexity index is 705. The maximum absolute atomic E-state index is 12.8. The molecule has 1 saturated heterocycles. The van der Waals surface area contributed by atoms with Crippen LogP contribution in [0.15, 0.2) is 54.6 Å². The van der Waals surface area contributed by atoms with Crippen molar-refractivity contribution in [3.8, 4) is 0 Å². The van der Waals surface area contributed by atoms with Crippen LogP contribution in [0.4, 0.5) is 5.69 Å². The number of benzene rings is 2. The van der Waals surface area contributed by atoms with Gasteiger partial charge in [-0.2, -0.15) is 0 Å². The van der Waals surface area contributed by atoms with E-state index in [2.05, 4.69) is 40.5 Å². The van der Waals surface area contributed by atoms with Gasteiger partial charge in [-0.1, -0.05) is 42.5 Å². The molecule has 124 valence electrons. The Balaban J connectivity index is 1.37. The highest BCUT2D eigenvalue weighted by Crippen LogP contribution is 2.33. The molecule has 1 unspecified atom stereocenters. The van der Waals surface area contributed by atoms with E-state index in [4.69, 9.17) is 0 Å². The Morgan fingerprint density at radius 1 is 0.958 bits per heavy atom. The topological polar surface area (TPSA) is 32.3 Å². The molecule has 2 aliphatic heterocycles. The van der Waals surface area contributed by atoms with Gasteiger partial charge in [0.15, 0.2) is 5.78 Å². The monoisotopic (exact) mass is 320 g/mol. The molecule has 0 aliphatic carbocycles. The van der Waals surface area contributed by atoms with Crippen LogP contribution < -0.4 is 5.32 Å². The van der Waals surface area contributed by atoms with E-state index in [1.54, 1.807) is 0 Å². The van der Waals surface area contributed by atoms with Gasteiger partial charge in [-0.25, -0.2) is 0 Å². The number of nitrogens with zero attached hydrogens (tertiary/aromatic N) is 1. The highest BCUT2D eigenvalue weighted by Gasteiger charge is 2.35. The Kier molecular flexibility index (Phi) is 4.35. The third-order valence-electron chi connectivity index (χ3n) is 5.49. The zero-order valence-electron chi connectivity index (χ0n) is 13.9. The molecule has 2 aliphatic rings. The maximum Gasteiger partial charge on any atom is 0.170 e. The molecule has 3 nitrogen and oxygen atoms in total. The normalized spacial score (nSPS) is 22.0. The van der Waals surface area contributed by atoms with Crippen LogP contribution in [0.1, 0.15) is 28.8 Å². The molecule has 1 atom stereocenters. The van der Waals surface area contributed by atoms with Gasteiger partial charge >= 0.3 is 0 Å². The van der Waals surface area contributed by atoms with E-state index < -0.39 is 0 Å². The van der Waals surface area contributed by atoms with E-state index >= 15 is 0 Å². The average molecular weight is 320 g/mol. The van der Waals surface area contributed by atoms with Crippen molar-refractivity contribution in [1.82, 2.24) is 4.90 Å². The van der Waals surface area contributed by atoms with Gasteiger partial charge in [-0.3, -0.25) is 9.69 Å². The van der Waals surface area contributed by atoms with Gasteiger partial charge in [0.05, 0.1) is 0 Å². The lowest BCUT2D eigenvalue weighted by Crippen LogP contribution is -2.41. The third kappa shape index (κ3) is 3.09. The summed E-state index contributed by atoms with van der Waals surface area (Å²) < 4.78 is 0. The van der Waals surface area contributed by atoms with Crippen molar-refractivity contribution in [2.24, 2.45) is 11.8 Å². The Labute approximate surface area is 143 Å². The van der Waals surface area contributed by atoms with Crippen molar-refractivity contribution in [1.29, 1.82) is 0 Å². The number of anilines is 1. The summed E-state index contributed by atoms with van der Waals surface area (Å²) in [5, 5.41) is 3.46. The zero-order valence-corrected chi connectivity index (χ0v) is 13.9. The molecule has 4 rings (SSSR count). The van der Waals surface area contributed by atoms with Crippen molar-refractivity contribution in [2.75, 3.05) is 25.0 Å². The number of rotatable bonds is 3. The lowest BCUT2D eigenvalue weighted by Gasteiger charge is -2.37. The minimum Gasteiger partial charge on any atom is -0.384 e. The Morgan fingerprint density at radius 2 is 1.67 bits per heavy atom. The molecule has 0 radical (unpaired) electrons. The summed E-state index contributed by atoms with van der Waals surface area (Å²) >= 11 is 0. The Hall–Kier alpha value is -2.13. The number of fused-ring (bicyclic) bond motifs is 1. The van der Waals surface area contributed by atoms with E-state index in [0.717, 1.165) is 50.3 Å². The molecule has 2 aromatic carbocycles. The lowest BCUT2D eigenvalue weighted by atomic mass is 9.78. The van der Waals surface area contributed by atoms with Gasteiger partial charge < -0.3 is 5.32 Å². The summed E-state index contributed by atoms with van der Waals surface area (Å²) in [4.78, 5) is 15.3. The highest BCUT2D eigenvalue weighted by atomic mass is 16.1. The number of carbonyl (C=O) groups is 1. The molecular weight excluding hydrogens is 296 g/mol. The molecule has 0 spiro atoms. The third-order valence-corrected chi connectivity index (χ3v) is 5.49. The molecule has 24 heavy (non-hydrogen) atoms. The van der Waals surface area contributed by atoms with Crippen LogP contribution in [0.25, 0.3) is 0 Å². The minimum atomic E-state index is 0.138. The predicted molar refractivity (Wildman–Crippen MR) is 97.2 cm³/mol. The summed E-state index contributed by atoms with van der Waals surface area (Å²) in [7, 11) is 0. The summed E-state index contributed by atoms with van der Waals surface area (Å²) in [6.07, 6.45) is 2.24. The van der Waals surface area contributed by atoms with Gasteiger partial charge in [0, 0.05) is 30.3 Å². The molecule has 0 saturated carbocycles. The van der Waals surface area contributed by atoms with Crippen LogP contribution in [-0.2, 0) is 6.54 Å². The van der Waals surface area contributed by atoms with Gasteiger partial charge in [-0.15, -0.1) is 0 Å². The summed E-state index contributed by atoms with van der Waals surface area (Å²) in [5.74, 6) is 0.981. The highest BCUT2D eigenvalue weighted by molar-refractivity contribution is 6.04. The average Bonchev–Trinajstić information content (AvgIpc) is 2.64. The fourth-order valence-corrected chi connectivity index (χ4v) is 4.10. The van der Waals surface area contributed by atoms with Crippen molar-refractivity contribution < 1.29 is 4.79 Å². The molecule has 0 bridgehead atoms. The SMILES string of the molecule is O=C1c2ccccc2NCC1C1CCN(Cc2ccccc2)CC1. The van der Waals surface area contributed by atoms with E-state index in [1.807, 2.05) is 24.3 Å². The fourth-order valence-electron chi connectivity index (χ4n) is 4.10. The van der Waals surface area contributed by atoms with E-state index in [1.165, 1.54) is 5.56 Å². The van der Waals surface area contributed by atoms with E-state index in [0.29, 0.717) is 11.7 Å². The smallest absolute Gasteiger partial charge is 0.170 e. The van der Waals surface area contributed by atoms with Gasteiger partial charge in [0.2, 0.25) is 0 Å². The van der Waals surface area contributed by atoms with Crippen LogP contribution in [0, 0.1) is 11.8 Å². The summed E-state index contributed by atoms with van der Waals surface area (Å²) in [5.41, 5.74) is 3.25. The number of piperidine rings is 1. The van der Waals surface area contributed by atoms with Gasteiger partial charge in [0.25, 0.3) is 0 Å². The number of hydrogen-bond donors (Lipinski definition) is 1. The largest absolute Gasteiger partial charge is 0.384 e. The number of Topliss-reactive ketones (excluding diaryl/α,β-unsaturated/α-hetero) is 1. The first-order valence-electron chi connectivity index (χ1n) is 8.94. The molecule has 1 N–H and O–H groups in total. The van der Waals surface area contributed by atoms with Crippen molar-refractivity contribution in [3.63, 3.8) is 0 Å². The predicted octanol–water partition coefficient (Wildman–Crippen LogP) is 3.82. The molecular formula is C21H24N2O. The second-order valence-electron chi connectivity index (χ2n) is 7.00. The number of hydrogen-bond acceptors (Lipinski definition) is 3. The first-order valence-corrected chi connectivity index (χ1v) is 8.94. The number of carbonyl (C=O) groups excluding carboxylic acids is 1. The minimum absolute atomic E-state index is 0.138.